The van der Waals surface area contributed by atoms with Crippen LogP contribution in [0, 0.1) is 0 Å². The van der Waals surface area contributed by atoms with E-state index in [1.807, 2.05) is 79.7 Å². The van der Waals surface area contributed by atoms with E-state index < -0.39 is 18.1 Å². The second-order valence-corrected chi connectivity index (χ2v) is 8.02. The molecule has 29 heavy (non-hydrogen) atoms. The Kier molecular flexibility index (Phi) is 5.56. The molecule has 1 amide bonds. The van der Waals surface area contributed by atoms with Crippen LogP contribution in [-0.2, 0) is 14.3 Å². The molecule has 0 bridgehead atoms. The zero-order valence-electron chi connectivity index (χ0n) is 16.0. The highest BCUT2D eigenvalue weighted by molar-refractivity contribution is 8.00. The van der Waals surface area contributed by atoms with Gasteiger partial charge in [0.15, 0.2) is 6.10 Å². The number of thioether (sulfide) groups is 1. The number of carbonyl (C=O) groups excluding carboxylic acids is 2. The van der Waals surface area contributed by atoms with Crippen molar-refractivity contribution < 1.29 is 14.3 Å². The highest BCUT2D eigenvalue weighted by Gasteiger charge is 2.52. The van der Waals surface area contributed by atoms with Gasteiger partial charge >= 0.3 is 5.97 Å². The van der Waals surface area contributed by atoms with Gasteiger partial charge in [-0.25, -0.2) is 4.79 Å². The molecule has 1 saturated heterocycles. The van der Waals surface area contributed by atoms with Crippen LogP contribution in [0.15, 0.2) is 84.1 Å². The van der Waals surface area contributed by atoms with Crippen molar-refractivity contribution in [2.45, 2.75) is 24.4 Å². The molecule has 2 heterocycles. The molecule has 0 saturated carbocycles. The molecule has 6 heteroatoms. The monoisotopic (exact) mass is 406 g/mol. The van der Waals surface area contributed by atoms with Gasteiger partial charge in [0.2, 0.25) is 5.91 Å². The van der Waals surface area contributed by atoms with E-state index in [0.29, 0.717) is 11.4 Å². The predicted octanol–water partition coefficient (Wildman–Crippen LogP) is 3.39. The average Bonchev–Trinajstić information content (AvgIpc) is 2.77. The summed E-state index contributed by atoms with van der Waals surface area (Å²) in [6.45, 7) is 1.88. The van der Waals surface area contributed by atoms with Crippen molar-refractivity contribution in [2.75, 3.05) is 5.75 Å². The molecule has 2 N–H and O–H groups in total. The van der Waals surface area contributed by atoms with Crippen molar-refractivity contribution in [2.24, 2.45) is 5.73 Å². The zero-order chi connectivity index (χ0) is 20.4. The molecule has 5 nitrogen and oxygen atoms in total. The molecule has 2 aliphatic heterocycles. The number of hydrogen-bond donors (Lipinski definition) is 1. The quantitative estimate of drug-likeness (QED) is 0.609. The normalized spacial score (nSPS) is 21.3. The number of β-lactam (4-membered cyclic amide) rings is 1. The standard InChI is InChI=1S/C23H22N2O3S/c1-2-9-17-14-29-22-18(24)21(26)25(22)19(17)23(27)28-20(15-10-5-3-6-11-15)16-12-7-4-8-13-16/h2-13,18,20,22H,14,24H2,1H3/b9-2+/t18-,22+/m1/s1. The van der Waals surface area contributed by atoms with Crippen LogP contribution >= 0.6 is 11.8 Å². The third kappa shape index (κ3) is 3.61. The van der Waals surface area contributed by atoms with Gasteiger partial charge in [-0.1, -0.05) is 72.8 Å². The van der Waals surface area contributed by atoms with E-state index in [9.17, 15) is 9.59 Å². The van der Waals surface area contributed by atoms with E-state index in [1.54, 1.807) is 11.8 Å². The average molecular weight is 407 g/mol. The van der Waals surface area contributed by atoms with Gasteiger partial charge in [0.1, 0.15) is 17.1 Å². The first-order valence-corrected chi connectivity index (χ1v) is 10.5. The van der Waals surface area contributed by atoms with E-state index >= 15 is 0 Å². The lowest BCUT2D eigenvalue weighted by Gasteiger charge is -2.48. The number of nitrogens with zero attached hydrogens (tertiary/aromatic N) is 1. The molecule has 148 valence electrons. The highest BCUT2D eigenvalue weighted by Crippen LogP contribution is 2.41. The number of carbonyl (C=O) groups is 2. The minimum atomic E-state index is -0.575. The maximum Gasteiger partial charge on any atom is 0.356 e. The predicted molar refractivity (Wildman–Crippen MR) is 114 cm³/mol. The molecule has 0 spiro atoms. The number of allylic oxidation sites excluding steroid dienone is 2. The van der Waals surface area contributed by atoms with Crippen LogP contribution in [0.4, 0.5) is 0 Å². The molecule has 0 aliphatic carbocycles. The summed E-state index contributed by atoms with van der Waals surface area (Å²) in [6.07, 6.45) is 3.15. The van der Waals surface area contributed by atoms with Crippen molar-refractivity contribution in [3.05, 3.63) is 95.2 Å². The van der Waals surface area contributed by atoms with Gasteiger partial charge < -0.3 is 10.5 Å². The first kappa shape index (κ1) is 19.5. The van der Waals surface area contributed by atoms with Gasteiger partial charge in [0.05, 0.1) is 0 Å². The van der Waals surface area contributed by atoms with Crippen molar-refractivity contribution in [1.82, 2.24) is 4.90 Å². The second kappa shape index (κ2) is 8.27. The maximum absolute atomic E-state index is 13.3. The molecule has 4 rings (SSSR count). The smallest absolute Gasteiger partial charge is 0.356 e. The molecular formula is C23H22N2O3S. The summed E-state index contributed by atoms with van der Waals surface area (Å²) < 4.78 is 6.00. The first-order valence-electron chi connectivity index (χ1n) is 9.48. The fraction of sp³-hybridized carbons (Fsp3) is 0.217. The van der Waals surface area contributed by atoms with E-state index in [2.05, 4.69) is 0 Å². The summed E-state index contributed by atoms with van der Waals surface area (Å²) in [5.74, 6) is -0.147. The summed E-state index contributed by atoms with van der Waals surface area (Å²) in [5.41, 5.74) is 8.75. The molecule has 2 aliphatic rings. The Balaban J connectivity index is 1.70. The number of esters is 1. The number of ether oxygens (including phenoxy) is 1. The van der Waals surface area contributed by atoms with Crippen LogP contribution in [-0.4, -0.2) is 33.9 Å². The fourth-order valence-corrected chi connectivity index (χ4v) is 4.87. The van der Waals surface area contributed by atoms with Crippen molar-refractivity contribution >= 4 is 23.6 Å². The summed E-state index contributed by atoms with van der Waals surface area (Å²) >= 11 is 1.57. The zero-order valence-corrected chi connectivity index (χ0v) is 16.8. The summed E-state index contributed by atoms with van der Waals surface area (Å²) in [6, 6.07) is 18.6. The van der Waals surface area contributed by atoms with Crippen LogP contribution in [0.5, 0.6) is 0 Å². The minimum Gasteiger partial charge on any atom is -0.448 e. The maximum atomic E-state index is 13.3. The summed E-state index contributed by atoms with van der Waals surface area (Å²) in [7, 11) is 0. The fourth-order valence-electron chi connectivity index (χ4n) is 3.61. The van der Waals surface area contributed by atoms with Gasteiger partial charge in [0, 0.05) is 5.75 Å². The molecule has 1 fully saturated rings. The number of hydrogen-bond acceptors (Lipinski definition) is 5. The number of amides is 1. The van der Waals surface area contributed by atoms with Crippen LogP contribution in [0.3, 0.4) is 0 Å². The second-order valence-electron chi connectivity index (χ2n) is 6.92. The Hall–Kier alpha value is -2.83. The molecule has 0 aromatic heterocycles. The number of nitrogens with two attached hydrogens (primary N) is 1. The van der Waals surface area contributed by atoms with Crippen LogP contribution in [0.25, 0.3) is 0 Å². The van der Waals surface area contributed by atoms with E-state index in [4.69, 9.17) is 10.5 Å². The van der Waals surface area contributed by atoms with Crippen LogP contribution in [0.2, 0.25) is 0 Å². The Morgan fingerprint density at radius 3 is 2.28 bits per heavy atom. The Morgan fingerprint density at radius 1 is 1.14 bits per heavy atom. The molecule has 0 unspecified atom stereocenters. The molecule has 0 radical (unpaired) electrons. The topological polar surface area (TPSA) is 72.6 Å². The van der Waals surface area contributed by atoms with Crippen LogP contribution in [0.1, 0.15) is 24.2 Å². The first-order chi connectivity index (χ1) is 14.1. The Morgan fingerprint density at radius 2 is 1.72 bits per heavy atom. The van der Waals surface area contributed by atoms with Crippen LogP contribution < -0.4 is 5.73 Å². The van der Waals surface area contributed by atoms with E-state index in [0.717, 1.165) is 16.7 Å². The van der Waals surface area contributed by atoms with Crippen molar-refractivity contribution in [3.8, 4) is 0 Å². The Bertz CT molecular complexity index is 933. The molecule has 2 aromatic rings. The van der Waals surface area contributed by atoms with Crippen molar-refractivity contribution in [1.29, 1.82) is 0 Å². The number of rotatable bonds is 5. The minimum absolute atomic E-state index is 0.217. The largest absolute Gasteiger partial charge is 0.448 e. The van der Waals surface area contributed by atoms with Gasteiger partial charge in [-0.05, 0) is 23.6 Å². The third-order valence-electron chi connectivity index (χ3n) is 5.03. The lowest BCUT2D eigenvalue weighted by molar-refractivity contribution is -0.153. The molecular weight excluding hydrogens is 384 g/mol. The summed E-state index contributed by atoms with van der Waals surface area (Å²) in [4.78, 5) is 27.2. The Labute approximate surface area is 174 Å². The molecule has 2 aromatic carbocycles. The lowest BCUT2D eigenvalue weighted by atomic mass is 10.0. The number of fused-ring (bicyclic) bond motifs is 1. The summed E-state index contributed by atoms with van der Waals surface area (Å²) in [5, 5.41) is -0.217. The molecule has 2 atom stereocenters. The lowest BCUT2D eigenvalue weighted by Crippen LogP contribution is -2.68. The third-order valence-corrected chi connectivity index (χ3v) is 6.35. The van der Waals surface area contributed by atoms with Gasteiger partial charge in [-0.3, -0.25) is 9.69 Å². The SMILES string of the molecule is C/C=C/C1=C(C(=O)OC(c2ccccc2)c2ccccc2)N2C(=O)[C@@H](N)[C@@H]2SC1. The highest BCUT2D eigenvalue weighted by atomic mass is 32.2. The van der Waals surface area contributed by atoms with E-state index in [-0.39, 0.29) is 11.3 Å². The van der Waals surface area contributed by atoms with Gasteiger partial charge in [-0.15, -0.1) is 11.8 Å². The van der Waals surface area contributed by atoms with E-state index in [1.165, 1.54) is 4.90 Å². The van der Waals surface area contributed by atoms with Gasteiger partial charge in [0.25, 0.3) is 0 Å². The van der Waals surface area contributed by atoms with Crippen molar-refractivity contribution in [3.63, 3.8) is 0 Å². The number of benzene rings is 2. The van der Waals surface area contributed by atoms with Gasteiger partial charge in [-0.2, -0.15) is 0 Å².